The van der Waals surface area contributed by atoms with Crippen molar-refractivity contribution in [3.63, 3.8) is 0 Å². The Bertz CT molecular complexity index is 1770. The molecule has 0 amide bonds. The van der Waals surface area contributed by atoms with E-state index in [2.05, 4.69) is 111 Å². The van der Waals surface area contributed by atoms with Crippen LogP contribution >= 0.6 is 7.82 Å². The standard InChI is InChI=1S/C76H136NO8P/c1-6-8-10-12-14-16-18-20-22-24-26-28-30-32-34-36-37-38-39-41-42-44-46-48-50-52-54-56-58-60-62-64-66-68-75(78)82-72-74(73-84-86(80,81)83-71-70-77(3,4)5)85-76(79)69-67-65-63-61-59-57-55-53-51-49-47-45-43-40-35-33-31-29-27-25-23-21-19-17-15-13-11-9-7-2/h9,11,15,17-18,20-21,23-24,26-27,29,33,35,43,45,74H,6-8,10,12-14,16,19,22,25,28,30-32,34,36-42,44,46-73H2,1-5H3/b11-9-,17-15-,20-18-,23-21-,26-24-,29-27-,35-33-,45-43-. The Morgan fingerprint density at radius 3 is 0.988 bits per heavy atom. The smallest absolute Gasteiger partial charge is 0.306 e. The quantitative estimate of drug-likeness (QED) is 0.0195. The minimum absolute atomic E-state index is 0.0342. The molecule has 0 heterocycles. The highest BCUT2D eigenvalue weighted by Crippen LogP contribution is 2.38. The van der Waals surface area contributed by atoms with Gasteiger partial charge in [-0.25, -0.2) is 0 Å². The molecule has 0 spiro atoms. The number of quaternary nitrogens is 1. The van der Waals surface area contributed by atoms with Gasteiger partial charge >= 0.3 is 11.9 Å². The third-order valence-corrected chi connectivity index (χ3v) is 16.6. The van der Waals surface area contributed by atoms with Gasteiger partial charge in [-0.1, -0.05) is 310 Å². The molecule has 0 rings (SSSR count). The normalized spacial score (nSPS) is 13.7. The van der Waals surface area contributed by atoms with Crippen LogP contribution in [-0.2, 0) is 32.7 Å². The molecule has 0 bridgehead atoms. The van der Waals surface area contributed by atoms with Crippen molar-refractivity contribution in [1.29, 1.82) is 0 Å². The van der Waals surface area contributed by atoms with Gasteiger partial charge in [0.1, 0.15) is 19.8 Å². The molecule has 0 aromatic heterocycles. The lowest BCUT2D eigenvalue weighted by molar-refractivity contribution is -0.870. The fourth-order valence-corrected chi connectivity index (χ4v) is 10.8. The monoisotopic (exact) mass is 1220 g/mol. The summed E-state index contributed by atoms with van der Waals surface area (Å²) >= 11 is 0. The molecule has 0 saturated heterocycles. The number of nitrogens with zero attached hydrogens (tertiary/aromatic N) is 1. The fourth-order valence-electron chi connectivity index (χ4n) is 10.1. The number of esters is 2. The molecule has 0 N–H and O–H groups in total. The third-order valence-electron chi connectivity index (χ3n) is 15.6. The zero-order valence-electron chi connectivity index (χ0n) is 56.7. The first-order valence-corrected chi connectivity index (χ1v) is 37.4. The summed E-state index contributed by atoms with van der Waals surface area (Å²) in [6.45, 7) is 4.14. The van der Waals surface area contributed by atoms with Crippen molar-refractivity contribution in [2.45, 2.75) is 328 Å². The average Bonchev–Trinajstić information content (AvgIpc) is 3.67. The first-order valence-electron chi connectivity index (χ1n) is 35.9. The lowest BCUT2D eigenvalue weighted by Gasteiger charge is -2.28. The van der Waals surface area contributed by atoms with Gasteiger partial charge in [-0.2, -0.15) is 0 Å². The number of carbonyl (C=O) groups excluding carboxylic acids is 2. The maximum absolute atomic E-state index is 12.9. The Kier molecular flexibility index (Phi) is 64.0. The summed E-state index contributed by atoms with van der Waals surface area (Å²) in [6, 6.07) is 0. The first-order chi connectivity index (χ1) is 42.0. The molecule has 10 heteroatoms. The molecule has 0 aromatic carbocycles. The van der Waals surface area contributed by atoms with Crippen molar-refractivity contribution in [3.05, 3.63) is 97.2 Å². The number of ether oxygens (including phenoxy) is 2. The molecule has 86 heavy (non-hydrogen) atoms. The van der Waals surface area contributed by atoms with Crippen LogP contribution < -0.4 is 4.89 Å². The number of unbranched alkanes of at least 4 members (excludes halogenated alkanes) is 36. The molecule has 2 atom stereocenters. The summed E-state index contributed by atoms with van der Waals surface area (Å²) in [7, 11) is 1.16. The van der Waals surface area contributed by atoms with Crippen LogP contribution in [0, 0.1) is 0 Å². The van der Waals surface area contributed by atoms with Crippen LogP contribution in [0.15, 0.2) is 97.2 Å². The van der Waals surface area contributed by atoms with Crippen molar-refractivity contribution in [2.24, 2.45) is 0 Å². The van der Waals surface area contributed by atoms with Crippen molar-refractivity contribution in [1.82, 2.24) is 0 Å². The van der Waals surface area contributed by atoms with E-state index in [-0.39, 0.29) is 32.0 Å². The van der Waals surface area contributed by atoms with Crippen molar-refractivity contribution < 1.29 is 42.1 Å². The van der Waals surface area contributed by atoms with Gasteiger partial charge in [0.05, 0.1) is 27.7 Å². The highest BCUT2D eigenvalue weighted by atomic mass is 31.2. The number of phosphoric ester groups is 1. The highest BCUT2D eigenvalue weighted by Gasteiger charge is 2.22. The number of rotatable bonds is 66. The number of hydrogen-bond acceptors (Lipinski definition) is 8. The summed E-state index contributed by atoms with van der Waals surface area (Å²) in [4.78, 5) is 38.1. The molecule has 0 fully saturated rings. The van der Waals surface area contributed by atoms with Gasteiger partial charge < -0.3 is 27.9 Å². The number of likely N-dealkylation sites (N-methyl/N-ethyl adjacent to an activating group) is 1. The number of phosphoric acid groups is 1. The van der Waals surface area contributed by atoms with Crippen molar-refractivity contribution in [3.8, 4) is 0 Å². The van der Waals surface area contributed by atoms with Crippen LogP contribution in [0.2, 0.25) is 0 Å². The number of allylic oxidation sites excluding steroid dienone is 16. The average molecular weight is 1220 g/mol. The van der Waals surface area contributed by atoms with Crippen molar-refractivity contribution in [2.75, 3.05) is 47.5 Å². The SMILES string of the molecule is CC/C=C\C/C=C\C/C=C\C/C=C\C/C=C\C/C=C\CCCCCCCCCCCCC(=O)OC(COC(=O)CCCCCCCCCCCCCCCCCCCCCCC/C=C\C/C=C\CCCCCCC)COP(=O)([O-])OCC[N+](C)(C)C. The molecule has 2 unspecified atom stereocenters. The molecule has 0 aromatic rings. The minimum atomic E-state index is -4.65. The molecule has 0 aliphatic rings. The van der Waals surface area contributed by atoms with E-state index in [4.69, 9.17) is 18.5 Å². The lowest BCUT2D eigenvalue weighted by Crippen LogP contribution is -2.37. The zero-order chi connectivity index (χ0) is 62.6. The summed E-state index contributed by atoms with van der Waals surface area (Å²) in [5.41, 5.74) is 0. The fraction of sp³-hybridized carbons (Fsp3) is 0.763. The Hall–Kier alpha value is -3.07. The van der Waals surface area contributed by atoms with Crippen LogP contribution in [0.1, 0.15) is 322 Å². The molecule has 0 aliphatic carbocycles. The first kappa shape index (κ1) is 82.9. The largest absolute Gasteiger partial charge is 0.756 e. The predicted molar refractivity (Wildman–Crippen MR) is 369 cm³/mol. The van der Waals surface area contributed by atoms with Gasteiger partial charge in [0.2, 0.25) is 0 Å². The Balaban J connectivity index is 4.03. The van der Waals surface area contributed by atoms with Gasteiger partial charge in [0.15, 0.2) is 6.10 Å². The van der Waals surface area contributed by atoms with E-state index in [9.17, 15) is 19.0 Å². The van der Waals surface area contributed by atoms with Crippen LogP contribution in [0.3, 0.4) is 0 Å². The molecule has 9 nitrogen and oxygen atoms in total. The van der Waals surface area contributed by atoms with E-state index in [0.29, 0.717) is 17.4 Å². The Morgan fingerprint density at radius 2 is 0.663 bits per heavy atom. The van der Waals surface area contributed by atoms with Gasteiger partial charge in [-0.15, -0.1) is 0 Å². The lowest BCUT2D eigenvalue weighted by atomic mass is 10.0. The van der Waals surface area contributed by atoms with E-state index >= 15 is 0 Å². The van der Waals surface area contributed by atoms with E-state index < -0.39 is 26.5 Å². The van der Waals surface area contributed by atoms with Crippen LogP contribution in [-0.4, -0.2) is 70.0 Å². The maximum atomic E-state index is 12.9. The van der Waals surface area contributed by atoms with Gasteiger partial charge in [-0.05, 0) is 96.3 Å². The van der Waals surface area contributed by atoms with Gasteiger partial charge in [0.25, 0.3) is 7.82 Å². The summed E-state index contributed by atoms with van der Waals surface area (Å²) < 4.78 is 34.3. The van der Waals surface area contributed by atoms with Crippen molar-refractivity contribution >= 4 is 19.8 Å². The van der Waals surface area contributed by atoms with Gasteiger partial charge in [-0.3, -0.25) is 14.2 Å². The molecule has 498 valence electrons. The summed E-state index contributed by atoms with van der Waals surface area (Å²) in [5.74, 6) is -0.830. The number of carbonyl (C=O) groups is 2. The molecular weight excluding hydrogens is 1090 g/mol. The predicted octanol–water partition coefficient (Wildman–Crippen LogP) is 22.9. The zero-order valence-corrected chi connectivity index (χ0v) is 57.6. The highest BCUT2D eigenvalue weighted by molar-refractivity contribution is 7.45. The molecule has 0 saturated carbocycles. The Labute approximate surface area is 532 Å². The second kappa shape index (κ2) is 66.4. The molecule has 0 radical (unpaired) electrons. The third kappa shape index (κ3) is 70.0. The summed E-state index contributed by atoms with van der Waals surface area (Å²) in [5, 5.41) is 0. The van der Waals surface area contributed by atoms with Gasteiger partial charge in [0, 0.05) is 12.8 Å². The van der Waals surface area contributed by atoms with E-state index in [0.717, 1.165) is 89.9 Å². The second-order valence-corrected chi connectivity index (χ2v) is 26.6. The van der Waals surface area contributed by atoms with E-state index in [1.165, 1.54) is 199 Å². The van der Waals surface area contributed by atoms with E-state index in [1.807, 2.05) is 21.1 Å². The Morgan fingerprint density at radius 1 is 0.372 bits per heavy atom. The maximum Gasteiger partial charge on any atom is 0.306 e. The van der Waals surface area contributed by atoms with Crippen LogP contribution in [0.25, 0.3) is 0 Å². The van der Waals surface area contributed by atoms with Crippen LogP contribution in [0.5, 0.6) is 0 Å². The molecular formula is C76H136NO8P. The van der Waals surface area contributed by atoms with E-state index in [1.54, 1.807) is 0 Å². The topological polar surface area (TPSA) is 111 Å². The van der Waals surface area contributed by atoms with Crippen LogP contribution in [0.4, 0.5) is 0 Å². The number of hydrogen-bond donors (Lipinski definition) is 0. The second-order valence-electron chi connectivity index (χ2n) is 25.2. The minimum Gasteiger partial charge on any atom is -0.756 e. The summed E-state index contributed by atoms with van der Waals surface area (Å²) in [6.07, 6.45) is 92.1. The molecule has 0 aliphatic heterocycles.